The molecule has 0 spiro atoms. The molecule has 2 heterocycles. The molecule has 1 aliphatic heterocycles. The third kappa shape index (κ3) is 2.10. The molecule has 0 saturated carbocycles. The lowest BCUT2D eigenvalue weighted by Gasteiger charge is -2.05. The van der Waals surface area contributed by atoms with Crippen LogP contribution in [-0.4, -0.2) is 20.2 Å². The molecule has 0 radical (unpaired) electrons. The van der Waals surface area contributed by atoms with E-state index < -0.39 is 6.23 Å². The molecule has 0 bridgehead atoms. The zero-order valence-corrected chi connectivity index (χ0v) is 10.6. The van der Waals surface area contributed by atoms with Gasteiger partial charge in [0.05, 0.1) is 11.4 Å². The summed E-state index contributed by atoms with van der Waals surface area (Å²) in [7, 11) is 0. The van der Waals surface area contributed by atoms with Gasteiger partial charge in [-0.15, -0.1) is 15.3 Å². The lowest BCUT2D eigenvalue weighted by atomic mass is 10.2. The maximum Gasteiger partial charge on any atom is 0.304 e. The number of halogens is 1. The van der Waals surface area contributed by atoms with Crippen LogP contribution in [0.4, 0.5) is 4.39 Å². The summed E-state index contributed by atoms with van der Waals surface area (Å²) in [6.45, 7) is 1.79. The summed E-state index contributed by atoms with van der Waals surface area (Å²) in [4.78, 5) is 0. The zero-order chi connectivity index (χ0) is 13.4. The zero-order valence-electron chi connectivity index (χ0n) is 9.82. The standard InChI is InChI=1S/C11H8FN5OS/c1-6-9(10-14-15-11(19)18-10)13-16-17(6)8-4-2-3-7(12)5-8/h2-5,10H,1H3. The molecule has 3 rings (SSSR count). The predicted molar refractivity (Wildman–Crippen MR) is 67.3 cm³/mol. The van der Waals surface area contributed by atoms with Crippen molar-refractivity contribution in [3.05, 3.63) is 41.5 Å². The molecule has 2 aromatic rings. The number of ether oxygens (including phenoxy) is 1. The van der Waals surface area contributed by atoms with Gasteiger partial charge in [0.2, 0.25) is 0 Å². The van der Waals surface area contributed by atoms with Crippen molar-refractivity contribution in [3.63, 3.8) is 0 Å². The van der Waals surface area contributed by atoms with Crippen molar-refractivity contribution >= 4 is 17.4 Å². The highest BCUT2D eigenvalue weighted by Crippen LogP contribution is 2.26. The summed E-state index contributed by atoms with van der Waals surface area (Å²) in [5.74, 6) is -0.341. The smallest absolute Gasteiger partial charge is 0.304 e. The highest BCUT2D eigenvalue weighted by molar-refractivity contribution is 7.80. The molecular weight excluding hydrogens is 269 g/mol. The number of azo groups is 1. The Hall–Kier alpha value is -2.22. The summed E-state index contributed by atoms with van der Waals surface area (Å²) in [5, 5.41) is 15.5. The van der Waals surface area contributed by atoms with Crippen LogP contribution in [-0.2, 0) is 4.74 Å². The van der Waals surface area contributed by atoms with E-state index in [0.29, 0.717) is 17.1 Å². The first-order chi connectivity index (χ1) is 9.15. The monoisotopic (exact) mass is 277 g/mol. The second-order valence-electron chi connectivity index (χ2n) is 3.90. The first-order valence-electron chi connectivity index (χ1n) is 5.45. The van der Waals surface area contributed by atoms with Crippen LogP contribution in [0.1, 0.15) is 17.6 Å². The molecule has 0 saturated heterocycles. The van der Waals surface area contributed by atoms with E-state index in [1.807, 2.05) is 0 Å². The van der Waals surface area contributed by atoms with Crippen molar-refractivity contribution < 1.29 is 9.13 Å². The number of hydrogen-bond acceptors (Lipinski definition) is 5. The highest BCUT2D eigenvalue weighted by Gasteiger charge is 2.26. The van der Waals surface area contributed by atoms with Crippen LogP contribution < -0.4 is 0 Å². The largest absolute Gasteiger partial charge is 0.435 e. The number of thiocarbonyl (C=S) groups is 1. The van der Waals surface area contributed by atoms with Gasteiger partial charge in [-0.3, -0.25) is 0 Å². The lowest BCUT2D eigenvalue weighted by molar-refractivity contribution is 0.221. The van der Waals surface area contributed by atoms with Crippen molar-refractivity contribution in [1.82, 2.24) is 15.0 Å². The molecule has 1 aromatic heterocycles. The number of rotatable bonds is 2. The Morgan fingerprint density at radius 1 is 1.42 bits per heavy atom. The molecule has 1 aromatic carbocycles. The van der Waals surface area contributed by atoms with Gasteiger partial charge in [0, 0.05) is 0 Å². The van der Waals surface area contributed by atoms with E-state index in [1.165, 1.54) is 16.8 Å². The molecule has 1 unspecified atom stereocenters. The Morgan fingerprint density at radius 2 is 2.26 bits per heavy atom. The number of aromatic nitrogens is 3. The van der Waals surface area contributed by atoms with Crippen LogP contribution in [0.25, 0.3) is 5.69 Å². The van der Waals surface area contributed by atoms with Crippen LogP contribution in [0, 0.1) is 12.7 Å². The molecule has 19 heavy (non-hydrogen) atoms. The summed E-state index contributed by atoms with van der Waals surface area (Å²) in [6, 6.07) is 6.07. The Balaban J connectivity index is 1.99. The van der Waals surface area contributed by atoms with Crippen molar-refractivity contribution in [1.29, 1.82) is 0 Å². The molecule has 96 valence electrons. The quantitative estimate of drug-likeness (QED) is 0.791. The van der Waals surface area contributed by atoms with Crippen LogP contribution >= 0.6 is 12.2 Å². The third-order valence-corrected chi connectivity index (χ3v) is 2.85. The third-order valence-electron chi connectivity index (χ3n) is 2.67. The maximum absolute atomic E-state index is 13.2. The molecular formula is C11H8FN5OS. The van der Waals surface area contributed by atoms with E-state index in [1.54, 1.807) is 19.1 Å². The Labute approximate surface area is 112 Å². The molecule has 0 N–H and O–H groups in total. The van der Waals surface area contributed by atoms with E-state index in [-0.39, 0.29) is 11.0 Å². The van der Waals surface area contributed by atoms with E-state index >= 15 is 0 Å². The molecule has 8 heteroatoms. The second-order valence-corrected chi connectivity index (χ2v) is 4.25. The Morgan fingerprint density at radius 3 is 2.95 bits per heavy atom. The Kier molecular flexibility index (Phi) is 2.79. The lowest BCUT2D eigenvalue weighted by Crippen LogP contribution is -2.03. The van der Waals surface area contributed by atoms with Gasteiger partial charge in [0.15, 0.2) is 5.69 Å². The minimum absolute atomic E-state index is 0.0738. The highest BCUT2D eigenvalue weighted by atomic mass is 32.1. The van der Waals surface area contributed by atoms with Crippen LogP contribution in [0.15, 0.2) is 34.5 Å². The van der Waals surface area contributed by atoms with Crippen LogP contribution in [0.5, 0.6) is 0 Å². The van der Waals surface area contributed by atoms with Crippen LogP contribution in [0.2, 0.25) is 0 Å². The second kappa shape index (κ2) is 4.47. The number of benzene rings is 1. The minimum Gasteiger partial charge on any atom is -0.435 e. The summed E-state index contributed by atoms with van der Waals surface area (Å²) < 4.78 is 19.9. The van der Waals surface area contributed by atoms with Gasteiger partial charge >= 0.3 is 5.17 Å². The van der Waals surface area contributed by atoms with Gasteiger partial charge in [0.25, 0.3) is 6.23 Å². The fourth-order valence-electron chi connectivity index (χ4n) is 1.77. The van der Waals surface area contributed by atoms with E-state index in [2.05, 4.69) is 20.5 Å². The predicted octanol–water partition coefficient (Wildman–Crippen LogP) is 2.48. The first kappa shape index (κ1) is 11.8. The molecule has 0 amide bonds. The first-order valence-corrected chi connectivity index (χ1v) is 5.85. The average molecular weight is 277 g/mol. The van der Waals surface area contributed by atoms with Gasteiger partial charge in [0.1, 0.15) is 5.82 Å². The van der Waals surface area contributed by atoms with E-state index in [9.17, 15) is 4.39 Å². The van der Waals surface area contributed by atoms with Gasteiger partial charge in [-0.1, -0.05) is 11.3 Å². The van der Waals surface area contributed by atoms with E-state index in [0.717, 1.165) is 0 Å². The minimum atomic E-state index is -0.671. The maximum atomic E-state index is 13.2. The van der Waals surface area contributed by atoms with Gasteiger partial charge in [-0.05, 0) is 37.3 Å². The topological polar surface area (TPSA) is 64.7 Å². The number of nitrogens with zero attached hydrogens (tertiary/aromatic N) is 5. The summed E-state index contributed by atoms with van der Waals surface area (Å²) >= 11 is 4.77. The fraction of sp³-hybridized carbons (Fsp3) is 0.182. The van der Waals surface area contributed by atoms with E-state index in [4.69, 9.17) is 17.0 Å². The van der Waals surface area contributed by atoms with Crippen molar-refractivity contribution in [2.75, 3.05) is 0 Å². The average Bonchev–Trinajstić information content (AvgIpc) is 2.95. The van der Waals surface area contributed by atoms with Crippen molar-refractivity contribution in [3.8, 4) is 5.69 Å². The molecule has 6 nitrogen and oxygen atoms in total. The summed E-state index contributed by atoms with van der Waals surface area (Å²) in [5.41, 5.74) is 1.78. The van der Waals surface area contributed by atoms with Gasteiger partial charge in [-0.25, -0.2) is 9.07 Å². The van der Waals surface area contributed by atoms with Gasteiger partial charge < -0.3 is 4.74 Å². The molecule has 1 atom stereocenters. The summed E-state index contributed by atoms with van der Waals surface area (Å²) in [6.07, 6.45) is -0.671. The molecule has 0 aliphatic carbocycles. The number of hydrogen-bond donors (Lipinski definition) is 0. The van der Waals surface area contributed by atoms with Crippen LogP contribution in [0.3, 0.4) is 0 Å². The molecule has 0 fully saturated rings. The van der Waals surface area contributed by atoms with Crippen molar-refractivity contribution in [2.45, 2.75) is 13.2 Å². The van der Waals surface area contributed by atoms with Gasteiger partial charge in [-0.2, -0.15) is 0 Å². The SMILES string of the molecule is Cc1c(C2N=NC(=S)O2)nnn1-c1cccc(F)c1. The fourth-order valence-corrected chi connectivity index (χ4v) is 1.91. The Bertz CT molecular complexity index is 683. The molecule has 1 aliphatic rings. The normalized spacial score (nSPS) is 17.8. The van der Waals surface area contributed by atoms with Crippen molar-refractivity contribution in [2.24, 2.45) is 10.2 Å².